The van der Waals surface area contributed by atoms with E-state index in [-0.39, 0.29) is 12.3 Å². The molecule has 0 unspecified atom stereocenters. The first-order valence-corrected chi connectivity index (χ1v) is 8.96. The fourth-order valence-corrected chi connectivity index (χ4v) is 3.33. The molecule has 6 heteroatoms. The summed E-state index contributed by atoms with van der Waals surface area (Å²) in [5, 5.41) is 5.68. The highest BCUT2D eigenvalue weighted by molar-refractivity contribution is 7.13. The molecular weight excluding hydrogens is 334 g/mol. The lowest BCUT2D eigenvalue weighted by Gasteiger charge is -2.14. The van der Waals surface area contributed by atoms with Crippen molar-refractivity contribution in [3.05, 3.63) is 64.9 Å². The number of carbonyl (C=O) groups is 1. The molecule has 1 N–H and O–H groups in total. The van der Waals surface area contributed by atoms with Gasteiger partial charge >= 0.3 is 0 Å². The Hall–Kier alpha value is -2.44. The standard InChI is InChI=1S/C19H21N3O2S/c1-22(2)12-15-7-4-3-6-14(15)11-20-18(23)10-16-13-25-19(21-16)17-8-5-9-24-17/h3-9,13H,10-12H2,1-2H3,(H,20,23). The lowest BCUT2D eigenvalue weighted by molar-refractivity contribution is -0.120. The number of nitrogens with zero attached hydrogens (tertiary/aromatic N) is 2. The Labute approximate surface area is 151 Å². The number of aromatic nitrogens is 1. The second-order valence-corrected chi connectivity index (χ2v) is 6.94. The number of furan rings is 1. The van der Waals surface area contributed by atoms with Gasteiger partial charge in [0.25, 0.3) is 0 Å². The molecule has 3 aromatic rings. The summed E-state index contributed by atoms with van der Waals surface area (Å²) in [4.78, 5) is 18.8. The molecule has 5 nitrogen and oxygen atoms in total. The Kier molecular flexibility index (Phi) is 5.63. The molecule has 2 aromatic heterocycles. The number of rotatable bonds is 7. The van der Waals surface area contributed by atoms with Crippen molar-refractivity contribution in [2.45, 2.75) is 19.5 Å². The summed E-state index contributed by atoms with van der Waals surface area (Å²) in [6.07, 6.45) is 1.89. The van der Waals surface area contributed by atoms with Crippen LogP contribution in [0, 0.1) is 0 Å². The van der Waals surface area contributed by atoms with Gasteiger partial charge in [0.05, 0.1) is 18.4 Å². The molecule has 2 heterocycles. The maximum Gasteiger partial charge on any atom is 0.226 e. The van der Waals surface area contributed by atoms with E-state index in [2.05, 4.69) is 27.3 Å². The van der Waals surface area contributed by atoms with Crippen molar-refractivity contribution >= 4 is 17.2 Å². The van der Waals surface area contributed by atoms with E-state index in [0.717, 1.165) is 28.6 Å². The predicted molar refractivity (Wildman–Crippen MR) is 99.2 cm³/mol. The fraction of sp³-hybridized carbons (Fsp3) is 0.263. The van der Waals surface area contributed by atoms with Crippen LogP contribution in [0.3, 0.4) is 0 Å². The highest BCUT2D eigenvalue weighted by Crippen LogP contribution is 2.24. The monoisotopic (exact) mass is 355 g/mol. The van der Waals surface area contributed by atoms with Crippen molar-refractivity contribution in [2.24, 2.45) is 0 Å². The van der Waals surface area contributed by atoms with Gasteiger partial charge in [-0.2, -0.15) is 0 Å². The largest absolute Gasteiger partial charge is 0.462 e. The SMILES string of the molecule is CN(C)Cc1ccccc1CNC(=O)Cc1csc(-c2ccco2)n1. The Bertz CT molecular complexity index is 825. The van der Waals surface area contributed by atoms with Crippen LogP contribution >= 0.6 is 11.3 Å². The van der Waals surface area contributed by atoms with Crippen LogP contribution < -0.4 is 5.32 Å². The minimum atomic E-state index is -0.0315. The molecule has 0 saturated carbocycles. The van der Waals surface area contributed by atoms with Crippen molar-refractivity contribution in [3.8, 4) is 10.8 Å². The molecule has 3 rings (SSSR count). The van der Waals surface area contributed by atoms with Gasteiger partial charge in [0.2, 0.25) is 5.91 Å². The quantitative estimate of drug-likeness (QED) is 0.706. The van der Waals surface area contributed by atoms with E-state index in [4.69, 9.17) is 4.42 Å². The van der Waals surface area contributed by atoms with Crippen LogP contribution in [0.15, 0.2) is 52.5 Å². The third kappa shape index (κ3) is 4.78. The molecule has 25 heavy (non-hydrogen) atoms. The number of thiazole rings is 1. The van der Waals surface area contributed by atoms with Crippen molar-refractivity contribution in [1.82, 2.24) is 15.2 Å². The molecule has 0 aliphatic carbocycles. The lowest BCUT2D eigenvalue weighted by Crippen LogP contribution is -2.25. The number of hydrogen-bond acceptors (Lipinski definition) is 5. The van der Waals surface area contributed by atoms with E-state index in [0.29, 0.717) is 6.54 Å². The maximum absolute atomic E-state index is 12.2. The zero-order chi connectivity index (χ0) is 17.6. The summed E-state index contributed by atoms with van der Waals surface area (Å²) >= 11 is 1.48. The van der Waals surface area contributed by atoms with E-state index in [1.165, 1.54) is 16.9 Å². The number of nitrogens with one attached hydrogen (secondary N) is 1. The fourth-order valence-electron chi connectivity index (χ4n) is 2.55. The van der Waals surface area contributed by atoms with Crippen LogP contribution in [-0.2, 0) is 24.3 Å². The van der Waals surface area contributed by atoms with Crippen LogP contribution in [0.5, 0.6) is 0 Å². The second-order valence-electron chi connectivity index (χ2n) is 6.08. The van der Waals surface area contributed by atoms with Gasteiger partial charge in [-0.1, -0.05) is 24.3 Å². The smallest absolute Gasteiger partial charge is 0.226 e. The summed E-state index contributed by atoms with van der Waals surface area (Å²) < 4.78 is 5.33. The average molecular weight is 355 g/mol. The minimum Gasteiger partial charge on any atom is -0.462 e. The predicted octanol–water partition coefficient (Wildman–Crippen LogP) is 3.32. The Morgan fingerprint density at radius 3 is 2.72 bits per heavy atom. The molecular formula is C19H21N3O2S. The van der Waals surface area contributed by atoms with Crippen LogP contribution in [0.4, 0.5) is 0 Å². The number of benzene rings is 1. The topological polar surface area (TPSA) is 58.4 Å². The second kappa shape index (κ2) is 8.09. The molecule has 0 spiro atoms. The molecule has 0 radical (unpaired) electrons. The molecule has 0 atom stereocenters. The number of carbonyl (C=O) groups excluding carboxylic acids is 1. The minimum absolute atomic E-state index is 0.0315. The highest BCUT2D eigenvalue weighted by atomic mass is 32.1. The van der Waals surface area contributed by atoms with E-state index in [9.17, 15) is 4.79 Å². The third-order valence-electron chi connectivity index (χ3n) is 3.71. The zero-order valence-electron chi connectivity index (χ0n) is 14.4. The maximum atomic E-state index is 12.2. The van der Waals surface area contributed by atoms with Gasteiger partial charge < -0.3 is 14.6 Å². The first-order chi connectivity index (χ1) is 12.1. The highest BCUT2D eigenvalue weighted by Gasteiger charge is 2.11. The summed E-state index contributed by atoms with van der Waals surface area (Å²) in [6, 6.07) is 11.9. The number of hydrogen-bond donors (Lipinski definition) is 1. The first-order valence-electron chi connectivity index (χ1n) is 8.08. The molecule has 1 aromatic carbocycles. The van der Waals surface area contributed by atoms with Crippen LogP contribution in [0.1, 0.15) is 16.8 Å². The Morgan fingerprint density at radius 1 is 1.20 bits per heavy atom. The van der Waals surface area contributed by atoms with E-state index >= 15 is 0 Å². The summed E-state index contributed by atoms with van der Waals surface area (Å²) in [5.74, 6) is 0.699. The third-order valence-corrected chi connectivity index (χ3v) is 4.61. The van der Waals surface area contributed by atoms with Crippen LogP contribution in [-0.4, -0.2) is 29.9 Å². The molecule has 0 aliphatic rings. The van der Waals surface area contributed by atoms with Crippen molar-refractivity contribution in [1.29, 1.82) is 0 Å². The zero-order valence-corrected chi connectivity index (χ0v) is 15.2. The Morgan fingerprint density at radius 2 is 2.00 bits per heavy atom. The van der Waals surface area contributed by atoms with Gasteiger partial charge in [0.15, 0.2) is 10.8 Å². The van der Waals surface area contributed by atoms with Gasteiger partial charge in [-0.05, 0) is 37.4 Å². The van der Waals surface area contributed by atoms with E-state index in [1.54, 1.807) is 6.26 Å². The molecule has 0 aliphatic heterocycles. The first kappa shape index (κ1) is 17.4. The van der Waals surface area contributed by atoms with Gasteiger partial charge in [0.1, 0.15) is 0 Å². The van der Waals surface area contributed by atoms with Crippen LogP contribution in [0.2, 0.25) is 0 Å². The van der Waals surface area contributed by atoms with Crippen LogP contribution in [0.25, 0.3) is 10.8 Å². The summed E-state index contributed by atoms with van der Waals surface area (Å²) in [6.45, 7) is 1.38. The average Bonchev–Trinajstić information content (AvgIpc) is 3.24. The molecule has 0 saturated heterocycles. The van der Waals surface area contributed by atoms with Gasteiger partial charge in [-0.25, -0.2) is 4.98 Å². The molecule has 0 fully saturated rings. The van der Waals surface area contributed by atoms with Gasteiger partial charge in [-0.3, -0.25) is 4.79 Å². The van der Waals surface area contributed by atoms with Crippen molar-refractivity contribution in [2.75, 3.05) is 14.1 Å². The van der Waals surface area contributed by atoms with E-state index in [1.807, 2.05) is 43.7 Å². The van der Waals surface area contributed by atoms with Gasteiger partial charge in [0, 0.05) is 18.5 Å². The van der Waals surface area contributed by atoms with E-state index < -0.39 is 0 Å². The molecule has 0 bridgehead atoms. The van der Waals surface area contributed by atoms with Gasteiger partial charge in [-0.15, -0.1) is 11.3 Å². The van der Waals surface area contributed by atoms with Crippen molar-refractivity contribution in [3.63, 3.8) is 0 Å². The lowest BCUT2D eigenvalue weighted by atomic mass is 10.1. The Balaban J connectivity index is 1.57. The number of amides is 1. The summed E-state index contributed by atoms with van der Waals surface area (Å²) in [7, 11) is 4.07. The molecule has 130 valence electrons. The van der Waals surface area contributed by atoms with Crippen molar-refractivity contribution < 1.29 is 9.21 Å². The summed E-state index contributed by atoms with van der Waals surface area (Å²) in [5.41, 5.74) is 3.12. The molecule has 1 amide bonds. The normalized spacial score (nSPS) is 11.0.